The Bertz CT molecular complexity index is 672. The number of nitrogens with two attached hydrogens (primary N) is 1. The maximum atomic E-state index is 12.8. The van der Waals surface area contributed by atoms with Gasteiger partial charge in [0.1, 0.15) is 0 Å². The molecule has 1 aliphatic heterocycles. The van der Waals surface area contributed by atoms with Crippen molar-refractivity contribution in [1.29, 1.82) is 0 Å². The van der Waals surface area contributed by atoms with E-state index in [-0.39, 0.29) is 36.6 Å². The van der Waals surface area contributed by atoms with Gasteiger partial charge in [-0.15, -0.1) is 24.8 Å². The van der Waals surface area contributed by atoms with Crippen molar-refractivity contribution in [3.8, 4) is 0 Å². The molecule has 0 bridgehead atoms. The fraction of sp³-hybridized carbons (Fsp3) is 0.619. The van der Waals surface area contributed by atoms with Crippen LogP contribution < -0.4 is 11.1 Å². The van der Waals surface area contributed by atoms with E-state index in [0.29, 0.717) is 32.7 Å². The molecule has 0 spiro atoms. The summed E-state index contributed by atoms with van der Waals surface area (Å²) in [6.07, 6.45) is 5.74. The fourth-order valence-corrected chi connectivity index (χ4v) is 4.16. The minimum Gasteiger partial charge on any atom is -0.339 e. The Morgan fingerprint density at radius 2 is 1.66 bits per heavy atom. The molecule has 164 valence electrons. The van der Waals surface area contributed by atoms with Gasteiger partial charge >= 0.3 is 0 Å². The largest absolute Gasteiger partial charge is 0.339 e. The van der Waals surface area contributed by atoms with Gasteiger partial charge in [-0.25, -0.2) is 0 Å². The van der Waals surface area contributed by atoms with E-state index in [2.05, 4.69) is 17.1 Å². The van der Waals surface area contributed by atoms with E-state index in [1.807, 2.05) is 29.2 Å². The average molecular weight is 445 g/mol. The molecular formula is C21H34Cl2N4O2. The molecule has 3 N–H and O–H groups in total. The minimum absolute atomic E-state index is 0. The Hall–Kier alpha value is -1.34. The van der Waals surface area contributed by atoms with E-state index in [0.717, 1.165) is 43.4 Å². The van der Waals surface area contributed by atoms with Gasteiger partial charge in [0.15, 0.2) is 0 Å². The smallest absolute Gasteiger partial charge is 0.242 e. The van der Waals surface area contributed by atoms with Gasteiger partial charge in [0.2, 0.25) is 11.8 Å². The zero-order valence-corrected chi connectivity index (χ0v) is 18.8. The first kappa shape index (κ1) is 25.7. The number of aryl methyl sites for hydroxylation is 1. The van der Waals surface area contributed by atoms with Crippen molar-refractivity contribution in [2.24, 2.45) is 5.73 Å². The molecule has 2 fully saturated rings. The quantitative estimate of drug-likeness (QED) is 0.731. The van der Waals surface area contributed by atoms with Gasteiger partial charge in [-0.05, 0) is 30.9 Å². The molecule has 0 radical (unpaired) electrons. The Kier molecular flexibility index (Phi) is 10.4. The molecule has 1 saturated carbocycles. The first-order valence-corrected chi connectivity index (χ1v) is 10.2. The number of hydrogen-bond acceptors (Lipinski definition) is 4. The molecule has 1 aliphatic carbocycles. The van der Waals surface area contributed by atoms with Crippen LogP contribution in [0.1, 0.15) is 44.6 Å². The number of piperazine rings is 1. The molecule has 2 aliphatic rings. The van der Waals surface area contributed by atoms with Crippen LogP contribution >= 0.6 is 24.8 Å². The van der Waals surface area contributed by atoms with Crippen molar-refractivity contribution in [3.05, 3.63) is 29.8 Å². The fourth-order valence-electron chi connectivity index (χ4n) is 4.16. The number of anilines is 1. The summed E-state index contributed by atoms with van der Waals surface area (Å²) in [7, 11) is 0. The monoisotopic (exact) mass is 444 g/mol. The highest BCUT2D eigenvalue weighted by molar-refractivity contribution is 5.93. The predicted octanol–water partition coefficient (Wildman–Crippen LogP) is 2.84. The minimum atomic E-state index is -0.665. The van der Waals surface area contributed by atoms with Gasteiger partial charge < -0.3 is 16.0 Å². The Labute approximate surface area is 186 Å². The van der Waals surface area contributed by atoms with E-state index in [4.69, 9.17) is 5.73 Å². The van der Waals surface area contributed by atoms with Crippen LogP contribution in [-0.4, -0.2) is 59.9 Å². The van der Waals surface area contributed by atoms with Crippen LogP contribution in [0, 0.1) is 0 Å². The second kappa shape index (κ2) is 11.7. The van der Waals surface area contributed by atoms with Crippen LogP contribution in [0.4, 0.5) is 5.69 Å². The Morgan fingerprint density at radius 3 is 2.28 bits per heavy atom. The van der Waals surface area contributed by atoms with Crippen LogP contribution in [0.5, 0.6) is 0 Å². The van der Waals surface area contributed by atoms with Crippen molar-refractivity contribution >= 4 is 42.3 Å². The number of carbonyl (C=O) groups excluding carboxylic acids is 2. The van der Waals surface area contributed by atoms with Crippen LogP contribution in [0.15, 0.2) is 24.3 Å². The van der Waals surface area contributed by atoms with Gasteiger partial charge in [-0.1, -0.05) is 44.4 Å². The van der Waals surface area contributed by atoms with Gasteiger partial charge in [0.25, 0.3) is 0 Å². The zero-order chi connectivity index (χ0) is 19.3. The zero-order valence-electron chi connectivity index (χ0n) is 17.2. The summed E-state index contributed by atoms with van der Waals surface area (Å²) in [5.74, 6) is 0.0985. The third-order valence-corrected chi connectivity index (χ3v) is 5.87. The van der Waals surface area contributed by atoms with Crippen molar-refractivity contribution in [3.63, 3.8) is 0 Å². The molecule has 1 saturated heterocycles. The van der Waals surface area contributed by atoms with E-state index < -0.39 is 5.54 Å². The van der Waals surface area contributed by atoms with Gasteiger partial charge in [-0.3, -0.25) is 14.5 Å². The molecule has 3 rings (SSSR count). The lowest BCUT2D eigenvalue weighted by Crippen LogP contribution is -2.60. The van der Waals surface area contributed by atoms with Gasteiger partial charge in [0, 0.05) is 31.9 Å². The first-order valence-electron chi connectivity index (χ1n) is 10.2. The van der Waals surface area contributed by atoms with E-state index in [9.17, 15) is 9.59 Å². The van der Waals surface area contributed by atoms with Crippen LogP contribution in [-0.2, 0) is 16.0 Å². The molecule has 29 heavy (non-hydrogen) atoms. The summed E-state index contributed by atoms with van der Waals surface area (Å²) in [5, 5.41) is 3.02. The Balaban J connectivity index is 0.00000210. The third-order valence-electron chi connectivity index (χ3n) is 5.87. The number of hydrogen-bond donors (Lipinski definition) is 2. The molecule has 1 aromatic rings. The van der Waals surface area contributed by atoms with E-state index in [1.165, 1.54) is 6.42 Å². The lowest BCUT2D eigenvalue weighted by molar-refractivity contribution is -0.140. The summed E-state index contributed by atoms with van der Waals surface area (Å²) in [5.41, 5.74) is 7.76. The second-order valence-electron chi connectivity index (χ2n) is 7.84. The molecule has 0 aromatic heterocycles. The summed E-state index contributed by atoms with van der Waals surface area (Å²) in [4.78, 5) is 29.2. The number of rotatable bonds is 5. The van der Waals surface area contributed by atoms with Gasteiger partial charge in [0.05, 0.1) is 12.1 Å². The molecule has 6 nitrogen and oxygen atoms in total. The number of para-hydroxylation sites is 1. The number of carbonyl (C=O) groups is 2. The van der Waals surface area contributed by atoms with Crippen LogP contribution in [0.2, 0.25) is 0 Å². The SMILES string of the molecule is CCc1ccccc1NC(=O)CN1CCN(C(=O)C2(N)CCCCC2)CC1.Cl.Cl. The second-order valence-corrected chi connectivity index (χ2v) is 7.84. The van der Waals surface area contributed by atoms with Crippen molar-refractivity contribution in [1.82, 2.24) is 9.80 Å². The van der Waals surface area contributed by atoms with E-state index >= 15 is 0 Å². The average Bonchev–Trinajstić information content (AvgIpc) is 2.69. The van der Waals surface area contributed by atoms with Crippen LogP contribution in [0.3, 0.4) is 0 Å². The highest BCUT2D eigenvalue weighted by Crippen LogP contribution is 2.28. The molecule has 1 heterocycles. The Morgan fingerprint density at radius 1 is 1.03 bits per heavy atom. The van der Waals surface area contributed by atoms with Crippen molar-refractivity contribution in [2.45, 2.75) is 51.0 Å². The summed E-state index contributed by atoms with van der Waals surface area (Å²) in [6.45, 7) is 5.16. The van der Waals surface area contributed by atoms with E-state index in [1.54, 1.807) is 0 Å². The highest BCUT2D eigenvalue weighted by Gasteiger charge is 2.39. The number of nitrogens with zero attached hydrogens (tertiary/aromatic N) is 2. The molecule has 8 heteroatoms. The maximum absolute atomic E-state index is 12.8. The molecule has 0 atom stereocenters. The molecule has 0 unspecified atom stereocenters. The topological polar surface area (TPSA) is 78.7 Å². The normalized spacial score (nSPS) is 18.9. The first-order chi connectivity index (χ1) is 13.0. The third kappa shape index (κ3) is 6.57. The molecule has 2 amide bonds. The number of amides is 2. The van der Waals surface area contributed by atoms with Crippen LogP contribution in [0.25, 0.3) is 0 Å². The van der Waals surface area contributed by atoms with Gasteiger partial charge in [-0.2, -0.15) is 0 Å². The number of halogens is 2. The molecule has 1 aromatic carbocycles. The standard InChI is InChI=1S/C21H32N4O2.2ClH/c1-2-17-8-4-5-9-18(17)23-19(26)16-24-12-14-25(15-13-24)20(27)21(22)10-6-3-7-11-21;;/h4-5,8-9H,2-3,6-7,10-16,22H2,1H3,(H,23,26);2*1H. The number of benzene rings is 1. The summed E-state index contributed by atoms with van der Waals surface area (Å²) >= 11 is 0. The lowest BCUT2D eigenvalue weighted by Gasteiger charge is -2.40. The van der Waals surface area contributed by atoms with Crippen molar-refractivity contribution < 1.29 is 9.59 Å². The molecular weight excluding hydrogens is 411 g/mol. The summed E-state index contributed by atoms with van der Waals surface area (Å²) in [6, 6.07) is 7.90. The number of nitrogens with one attached hydrogen (secondary N) is 1. The maximum Gasteiger partial charge on any atom is 0.242 e. The summed E-state index contributed by atoms with van der Waals surface area (Å²) < 4.78 is 0. The lowest BCUT2D eigenvalue weighted by atomic mass is 9.81. The highest BCUT2D eigenvalue weighted by atomic mass is 35.5. The predicted molar refractivity (Wildman–Crippen MR) is 122 cm³/mol. The van der Waals surface area contributed by atoms with Crippen molar-refractivity contribution in [2.75, 3.05) is 38.0 Å².